The lowest BCUT2D eigenvalue weighted by molar-refractivity contribution is 0.674. The lowest BCUT2D eigenvalue weighted by Gasteiger charge is -2.11. The van der Waals surface area contributed by atoms with Gasteiger partial charge in [-0.25, -0.2) is 9.97 Å². The van der Waals surface area contributed by atoms with Crippen molar-refractivity contribution in [2.45, 2.75) is 0 Å². The van der Waals surface area contributed by atoms with Gasteiger partial charge in [0.05, 0.1) is 11.4 Å². The molecule has 0 aliphatic heterocycles. The summed E-state index contributed by atoms with van der Waals surface area (Å²) in [5, 5.41) is 4.46. The minimum Gasteiger partial charge on any atom is -0.455 e. The largest absolute Gasteiger partial charge is 0.455 e. The zero-order valence-corrected chi connectivity index (χ0v) is 28.8. The van der Waals surface area contributed by atoms with Crippen LogP contribution in [0.2, 0.25) is 0 Å². The van der Waals surface area contributed by atoms with Crippen LogP contribution < -0.4 is 0 Å². The van der Waals surface area contributed by atoms with Crippen LogP contribution in [0.5, 0.6) is 0 Å². The third-order valence-corrected chi connectivity index (χ3v) is 10.1. The van der Waals surface area contributed by atoms with Crippen LogP contribution >= 0.6 is 0 Å². The molecule has 10 aromatic rings. The summed E-state index contributed by atoms with van der Waals surface area (Å²) in [7, 11) is 0. The maximum Gasteiger partial charge on any atom is 0.160 e. The molecule has 0 fully saturated rings. The molecular formula is C50H32N2O. The molecule has 0 unspecified atom stereocenters. The Morgan fingerprint density at radius 1 is 0.283 bits per heavy atom. The molecule has 8 aromatic carbocycles. The van der Waals surface area contributed by atoms with E-state index in [9.17, 15) is 0 Å². The summed E-state index contributed by atoms with van der Waals surface area (Å²) in [6.07, 6.45) is 0. The monoisotopic (exact) mass is 676 g/mol. The maximum absolute atomic E-state index is 6.91. The van der Waals surface area contributed by atoms with Gasteiger partial charge in [0.1, 0.15) is 11.2 Å². The second kappa shape index (κ2) is 12.9. The molecule has 2 aromatic heterocycles. The zero-order chi connectivity index (χ0) is 35.1. The quantitative estimate of drug-likeness (QED) is 0.176. The van der Waals surface area contributed by atoms with E-state index in [0.717, 1.165) is 66.5 Å². The fourth-order valence-corrected chi connectivity index (χ4v) is 7.50. The summed E-state index contributed by atoms with van der Waals surface area (Å²) in [4.78, 5) is 10.1. The second-order valence-corrected chi connectivity index (χ2v) is 13.4. The highest BCUT2D eigenvalue weighted by atomic mass is 16.3. The number of benzene rings is 8. The summed E-state index contributed by atoms with van der Waals surface area (Å²) in [6.45, 7) is 0. The van der Waals surface area contributed by atoms with Crippen molar-refractivity contribution in [2.24, 2.45) is 0 Å². The van der Waals surface area contributed by atoms with Gasteiger partial charge in [-0.05, 0) is 57.5 Å². The summed E-state index contributed by atoms with van der Waals surface area (Å²) in [6, 6.07) is 67.9. The lowest BCUT2D eigenvalue weighted by atomic mass is 9.93. The van der Waals surface area contributed by atoms with Crippen molar-refractivity contribution >= 4 is 32.7 Å². The Hall–Kier alpha value is -7.10. The van der Waals surface area contributed by atoms with Gasteiger partial charge in [0.15, 0.2) is 5.82 Å². The van der Waals surface area contributed by atoms with Gasteiger partial charge < -0.3 is 4.42 Å². The molecule has 0 amide bonds. The van der Waals surface area contributed by atoms with Gasteiger partial charge in [-0.15, -0.1) is 0 Å². The normalized spacial score (nSPS) is 11.4. The van der Waals surface area contributed by atoms with Crippen molar-refractivity contribution in [3.63, 3.8) is 0 Å². The van der Waals surface area contributed by atoms with Crippen LogP contribution in [0.3, 0.4) is 0 Å². The van der Waals surface area contributed by atoms with Crippen molar-refractivity contribution in [3.8, 4) is 67.3 Å². The number of fused-ring (bicyclic) bond motifs is 5. The molecule has 0 saturated carbocycles. The molecule has 0 N–H and O–H groups in total. The number of furan rings is 1. The van der Waals surface area contributed by atoms with E-state index in [-0.39, 0.29) is 0 Å². The SMILES string of the molecule is c1ccc(-c2cccc(-c3cc4c5cccc(-c6cccc(-c7cc(-c8ccccc8)nc(-c8ccccc8)n7)c6)c5oc4c4ccccc34)c2)cc1. The molecule has 248 valence electrons. The molecule has 2 heterocycles. The van der Waals surface area contributed by atoms with E-state index in [1.807, 2.05) is 36.4 Å². The summed E-state index contributed by atoms with van der Waals surface area (Å²) >= 11 is 0. The molecule has 0 bridgehead atoms. The van der Waals surface area contributed by atoms with Gasteiger partial charge in [-0.3, -0.25) is 0 Å². The average Bonchev–Trinajstić information content (AvgIpc) is 3.63. The zero-order valence-electron chi connectivity index (χ0n) is 28.8. The van der Waals surface area contributed by atoms with Crippen LogP contribution in [-0.2, 0) is 0 Å². The van der Waals surface area contributed by atoms with Crippen LogP contribution in [0, 0.1) is 0 Å². The Kier molecular flexibility index (Phi) is 7.47. The van der Waals surface area contributed by atoms with E-state index in [2.05, 4.69) is 158 Å². The first-order chi connectivity index (χ1) is 26.3. The van der Waals surface area contributed by atoms with E-state index >= 15 is 0 Å². The van der Waals surface area contributed by atoms with Crippen LogP contribution in [0.25, 0.3) is 100.0 Å². The standard InChI is InChI=1S/C50H32N2O/c1-4-15-33(16-5-1)36-21-12-23-38(29-36)44-31-45-43-28-14-27-40(48(43)53-49(45)42-26-11-10-25-41(42)44)37-22-13-24-39(30-37)47-32-46(34-17-6-2-7-18-34)51-50(52-47)35-19-8-3-9-20-35/h1-32H. The van der Waals surface area contributed by atoms with Crippen LogP contribution in [0.1, 0.15) is 0 Å². The van der Waals surface area contributed by atoms with Crippen molar-refractivity contribution in [1.29, 1.82) is 0 Å². The predicted octanol–water partition coefficient (Wildman–Crippen LogP) is 13.5. The number of rotatable bonds is 6. The minimum atomic E-state index is 0.698. The van der Waals surface area contributed by atoms with Gasteiger partial charge in [-0.2, -0.15) is 0 Å². The number of nitrogens with zero attached hydrogens (tertiary/aromatic N) is 2. The molecule has 10 rings (SSSR count). The van der Waals surface area contributed by atoms with Gasteiger partial charge in [0.2, 0.25) is 0 Å². The molecular weight excluding hydrogens is 645 g/mol. The molecule has 0 aliphatic carbocycles. The Morgan fingerprint density at radius 3 is 1.51 bits per heavy atom. The van der Waals surface area contributed by atoms with Crippen molar-refractivity contribution in [3.05, 3.63) is 194 Å². The fourth-order valence-electron chi connectivity index (χ4n) is 7.50. The van der Waals surface area contributed by atoms with Gasteiger partial charge >= 0.3 is 0 Å². The van der Waals surface area contributed by atoms with Crippen LogP contribution in [-0.4, -0.2) is 9.97 Å². The van der Waals surface area contributed by atoms with Gasteiger partial charge in [0.25, 0.3) is 0 Å². The molecule has 3 nitrogen and oxygen atoms in total. The highest BCUT2D eigenvalue weighted by Gasteiger charge is 2.18. The van der Waals surface area contributed by atoms with E-state index in [1.165, 1.54) is 27.6 Å². The van der Waals surface area contributed by atoms with Crippen molar-refractivity contribution in [2.75, 3.05) is 0 Å². The Labute approximate surface area is 307 Å². The minimum absolute atomic E-state index is 0.698. The third kappa shape index (κ3) is 5.56. The summed E-state index contributed by atoms with van der Waals surface area (Å²) in [5.74, 6) is 0.698. The highest BCUT2D eigenvalue weighted by molar-refractivity contribution is 6.20. The first kappa shape index (κ1) is 30.7. The van der Waals surface area contributed by atoms with Gasteiger partial charge in [-0.1, -0.05) is 170 Å². The Morgan fingerprint density at radius 2 is 0.774 bits per heavy atom. The second-order valence-electron chi connectivity index (χ2n) is 13.4. The average molecular weight is 677 g/mol. The number of para-hydroxylation sites is 1. The third-order valence-electron chi connectivity index (χ3n) is 10.1. The Balaban J connectivity index is 1.13. The number of hydrogen-bond acceptors (Lipinski definition) is 3. The van der Waals surface area contributed by atoms with E-state index in [1.54, 1.807) is 0 Å². The molecule has 0 radical (unpaired) electrons. The smallest absolute Gasteiger partial charge is 0.160 e. The Bertz CT molecular complexity index is 2870. The van der Waals surface area contributed by atoms with Gasteiger partial charge in [0, 0.05) is 38.4 Å². The highest BCUT2D eigenvalue weighted by Crippen LogP contribution is 2.43. The molecule has 3 heteroatoms. The number of aromatic nitrogens is 2. The number of hydrogen-bond donors (Lipinski definition) is 0. The van der Waals surface area contributed by atoms with Crippen LogP contribution in [0.15, 0.2) is 199 Å². The molecule has 0 spiro atoms. The lowest BCUT2D eigenvalue weighted by Crippen LogP contribution is -1.96. The topological polar surface area (TPSA) is 38.9 Å². The molecule has 0 aliphatic rings. The van der Waals surface area contributed by atoms with Crippen molar-refractivity contribution in [1.82, 2.24) is 9.97 Å². The van der Waals surface area contributed by atoms with E-state index in [4.69, 9.17) is 14.4 Å². The first-order valence-corrected chi connectivity index (χ1v) is 17.9. The summed E-state index contributed by atoms with van der Waals surface area (Å²) in [5.41, 5.74) is 13.4. The van der Waals surface area contributed by atoms with E-state index in [0.29, 0.717) is 5.82 Å². The van der Waals surface area contributed by atoms with Crippen molar-refractivity contribution < 1.29 is 4.42 Å². The molecule has 0 atom stereocenters. The molecule has 0 saturated heterocycles. The van der Waals surface area contributed by atoms with E-state index < -0.39 is 0 Å². The molecule has 53 heavy (non-hydrogen) atoms. The fraction of sp³-hybridized carbons (Fsp3) is 0. The predicted molar refractivity (Wildman–Crippen MR) is 219 cm³/mol. The van der Waals surface area contributed by atoms with Crippen LogP contribution in [0.4, 0.5) is 0 Å². The summed E-state index contributed by atoms with van der Waals surface area (Å²) < 4.78 is 6.91. The maximum atomic E-state index is 6.91. The first-order valence-electron chi connectivity index (χ1n) is 17.9.